The maximum Gasteiger partial charge on any atom is 0.292 e. The SMILES string of the molecule is Cc1noc(C)c1-c1ccc(N[C@H]2C[C@H](O)C2)c([N+](=O)[O-])c1. The number of aliphatic hydroxyl groups excluding tert-OH is 1. The largest absolute Gasteiger partial charge is 0.393 e. The number of nitrogens with zero attached hydrogens (tertiary/aromatic N) is 2. The van der Waals surface area contributed by atoms with Gasteiger partial charge in [-0.1, -0.05) is 11.2 Å². The molecule has 0 saturated heterocycles. The van der Waals surface area contributed by atoms with Crippen molar-refractivity contribution in [2.75, 3.05) is 5.32 Å². The lowest BCUT2D eigenvalue weighted by atomic mass is 9.89. The molecule has 1 aliphatic rings. The molecule has 2 aromatic rings. The summed E-state index contributed by atoms with van der Waals surface area (Å²) in [6, 6.07) is 5.13. The molecule has 1 aromatic heterocycles. The Morgan fingerprint density at radius 2 is 2.14 bits per heavy atom. The van der Waals surface area contributed by atoms with E-state index in [1.165, 1.54) is 6.07 Å². The molecule has 0 aliphatic heterocycles. The van der Waals surface area contributed by atoms with Crippen LogP contribution in [0.2, 0.25) is 0 Å². The molecule has 3 rings (SSSR count). The molecule has 2 N–H and O–H groups in total. The number of aromatic nitrogens is 1. The Bertz CT molecular complexity index is 700. The molecule has 7 nitrogen and oxygen atoms in total. The van der Waals surface area contributed by atoms with Crippen molar-refractivity contribution in [3.8, 4) is 11.1 Å². The minimum absolute atomic E-state index is 0.0129. The van der Waals surface area contributed by atoms with Crippen molar-refractivity contribution >= 4 is 11.4 Å². The fourth-order valence-electron chi connectivity index (χ4n) is 2.78. The van der Waals surface area contributed by atoms with Gasteiger partial charge in [0.1, 0.15) is 11.4 Å². The van der Waals surface area contributed by atoms with Crippen LogP contribution >= 0.6 is 0 Å². The summed E-state index contributed by atoms with van der Waals surface area (Å²) in [7, 11) is 0. The molecule has 7 heteroatoms. The number of benzene rings is 1. The van der Waals surface area contributed by atoms with Gasteiger partial charge in [-0.2, -0.15) is 0 Å². The highest BCUT2D eigenvalue weighted by Gasteiger charge is 2.29. The van der Waals surface area contributed by atoms with E-state index in [0.29, 0.717) is 35.5 Å². The Morgan fingerprint density at radius 1 is 1.41 bits per heavy atom. The number of nitro benzene ring substituents is 1. The number of hydrogen-bond acceptors (Lipinski definition) is 6. The van der Waals surface area contributed by atoms with Crippen molar-refractivity contribution < 1.29 is 14.6 Å². The number of hydrogen-bond donors (Lipinski definition) is 2. The standard InChI is InChI=1S/C15H17N3O4/c1-8-15(9(2)22-17-8)10-3-4-13(14(5-10)18(20)21)16-11-6-12(19)7-11/h3-5,11-12,16,19H,6-7H2,1-2H3/t11-,12-. The van der Waals surface area contributed by atoms with E-state index in [2.05, 4.69) is 10.5 Å². The van der Waals surface area contributed by atoms with E-state index in [1.807, 2.05) is 6.07 Å². The van der Waals surface area contributed by atoms with Gasteiger partial charge in [-0.15, -0.1) is 0 Å². The Balaban J connectivity index is 1.95. The molecule has 1 saturated carbocycles. The van der Waals surface area contributed by atoms with Crippen LogP contribution in [0, 0.1) is 24.0 Å². The third-order valence-corrected chi connectivity index (χ3v) is 3.99. The van der Waals surface area contributed by atoms with Crippen molar-refractivity contribution in [1.29, 1.82) is 0 Å². The average Bonchev–Trinajstić information content (AvgIpc) is 2.77. The van der Waals surface area contributed by atoms with E-state index in [4.69, 9.17) is 4.52 Å². The normalized spacial score (nSPS) is 20.5. The number of nitro groups is 1. The second-order valence-electron chi connectivity index (χ2n) is 5.65. The quantitative estimate of drug-likeness (QED) is 0.665. The molecule has 1 heterocycles. The molecule has 22 heavy (non-hydrogen) atoms. The van der Waals surface area contributed by atoms with Gasteiger partial charge in [-0.05, 0) is 38.3 Å². The average molecular weight is 303 g/mol. The predicted molar refractivity (Wildman–Crippen MR) is 80.7 cm³/mol. The summed E-state index contributed by atoms with van der Waals surface area (Å²) in [6.07, 6.45) is 0.920. The van der Waals surface area contributed by atoms with Crippen molar-refractivity contribution in [3.63, 3.8) is 0 Å². The zero-order valence-corrected chi connectivity index (χ0v) is 12.4. The Hall–Kier alpha value is -2.41. The van der Waals surface area contributed by atoms with E-state index in [1.54, 1.807) is 19.9 Å². The summed E-state index contributed by atoms with van der Waals surface area (Å²) in [5, 5.41) is 27.7. The molecular formula is C15H17N3O4. The van der Waals surface area contributed by atoms with Crippen LogP contribution < -0.4 is 5.32 Å². The Labute approximate surface area is 127 Å². The monoisotopic (exact) mass is 303 g/mol. The molecule has 116 valence electrons. The summed E-state index contributed by atoms with van der Waals surface area (Å²) < 4.78 is 5.12. The zero-order chi connectivity index (χ0) is 15.9. The Morgan fingerprint density at radius 3 is 2.68 bits per heavy atom. The van der Waals surface area contributed by atoms with Crippen LogP contribution in [0.4, 0.5) is 11.4 Å². The second kappa shape index (κ2) is 5.42. The maximum atomic E-state index is 11.3. The van der Waals surface area contributed by atoms with Crippen molar-refractivity contribution in [3.05, 3.63) is 39.8 Å². The van der Waals surface area contributed by atoms with Crippen LogP contribution in [0.5, 0.6) is 0 Å². The molecule has 1 fully saturated rings. The first-order valence-corrected chi connectivity index (χ1v) is 7.12. The van der Waals surface area contributed by atoms with Crippen molar-refractivity contribution in [2.24, 2.45) is 0 Å². The van der Waals surface area contributed by atoms with Gasteiger partial charge in [0.15, 0.2) is 0 Å². The van der Waals surface area contributed by atoms with Crippen LogP contribution in [0.1, 0.15) is 24.3 Å². The van der Waals surface area contributed by atoms with Crippen molar-refractivity contribution in [1.82, 2.24) is 5.16 Å². The number of aryl methyl sites for hydroxylation is 2. The molecule has 0 unspecified atom stereocenters. The van der Waals surface area contributed by atoms with Crippen LogP contribution in [0.15, 0.2) is 22.7 Å². The van der Waals surface area contributed by atoms with Crippen LogP contribution in [0.25, 0.3) is 11.1 Å². The summed E-state index contributed by atoms with van der Waals surface area (Å²) in [4.78, 5) is 10.9. The fraction of sp³-hybridized carbons (Fsp3) is 0.400. The van der Waals surface area contributed by atoms with Gasteiger partial charge >= 0.3 is 0 Å². The zero-order valence-electron chi connectivity index (χ0n) is 12.4. The molecule has 0 atom stereocenters. The van der Waals surface area contributed by atoms with Gasteiger partial charge in [-0.3, -0.25) is 10.1 Å². The number of rotatable bonds is 4. The molecule has 1 aliphatic carbocycles. The van der Waals surface area contributed by atoms with E-state index in [9.17, 15) is 15.2 Å². The second-order valence-corrected chi connectivity index (χ2v) is 5.65. The van der Waals surface area contributed by atoms with Gasteiger partial charge in [0.05, 0.1) is 16.7 Å². The lowest BCUT2D eigenvalue weighted by molar-refractivity contribution is -0.383. The smallest absolute Gasteiger partial charge is 0.292 e. The van der Waals surface area contributed by atoms with E-state index in [-0.39, 0.29) is 17.8 Å². The first-order valence-electron chi connectivity index (χ1n) is 7.12. The van der Waals surface area contributed by atoms with Gasteiger partial charge < -0.3 is 14.9 Å². The van der Waals surface area contributed by atoms with Gasteiger partial charge in [0, 0.05) is 17.7 Å². The predicted octanol–water partition coefficient (Wildman–Crippen LogP) is 2.80. The minimum atomic E-state index is -0.404. The summed E-state index contributed by atoms with van der Waals surface area (Å²) in [5.41, 5.74) is 2.68. The molecular weight excluding hydrogens is 286 g/mol. The highest BCUT2D eigenvalue weighted by Crippen LogP contribution is 2.35. The summed E-state index contributed by atoms with van der Waals surface area (Å²) >= 11 is 0. The minimum Gasteiger partial charge on any atom is -0.393 e. The fourth-order valence-corrected chi connectivity index (χ4v) is 2.78. The summed E-state index contributed by atoms with van der Waals surface area (Å²) in [6.45, 7) is 3.59. The summed E-state index contributed by atoms with van der Waals surface area (Å²) in [5.74, 6) is 0.634. The third-order valence-electron chi connectivity index (χ3n) is 3.99. The molecule has 0 spiro atoms. The molecule has 0 radical (unpaired) electrons. The van der Waals surface area contributed by atoms with Crippen molar-refractivity contribution in [2.45, 2.75) is 38.8 Å². The first-order chi connectivity index (χ1) is 10.5. The van der Waals surface area contributed by atoms with Crippen LogP contribution in [-0.4, -0.2) is 27.3 Å². The van der Waals surface area contributed by atoms with E-state index >= 15 is 0 Å². The van der Waals surface area contributed by atoms with Crippen LogP contribution in [0.3, 0.4) is 0 Å². The molecule has 0 amide bonds. The number of aliphatic hydroxyl groups is 1. The lowest BCUT2D eigenvalue weighted by Crippen LogP contribution is -2.39. The highest BCUT2D eigenvalue weighted by molar-refractivity contribution is 5.75. The molecule has 1 aromatic carbocycles. The van der Waals surface area contributed by atoms with Crippen LogP contribution in [-0.2, 0) is 0 Å². The number of nitrogens with one attached hydrogen (secondary N) is 1. The topological polar surface area (TPSA) is 101 Å². The first kappa shape index (κ1) is 14.5. The van der Waals surface area contributed by atoms with Gasteiger partial charge in [0.25, 0.3) is 5.69 Å². The maximum absolute atomic E-state index is 11.3. The lowest BCUT2D eigenvalue weighted by Gasteiger charge is -2.32. The van der Waals surface area contributed by atoms with E-state index < -0.39 is 4.92 Å². The number of anilines is 1. The van der Waals surface area contributed by atoms with Gasteiger partial charge in [0.2, 0.25) is 0 Å². The third kappa shape index (κ3) is 2.55. The van der Waals surface area contributed by atoms with E-state index in [0.717, 1.165) is 5.56 Å². The highest BCUT2D eigenvalue weighted by atomic mass is 16.6. The molecule has 0 bridgehead atoms. The Kier molecular flexibility index (Phi) is 3.58. The van der Waals surface area contributed by atoms with Gasteiger partial charge in [-0.25, -0.2) is 0 Å².